The molecule has 1 aromatic carbocycles. The van der Waals surface area contributed by atoms with Gasteiger partial charge in [-0.3, -0.25) is 0 Å². The molecule has 0 radical (unpaired) electrons. The molecule has 0 saturated heterocycles. The monoisotopic (exact) mass is 436 g/mol. The quantitative estimate of drug-likeness (QED) is 0.165. The summed E-state index contributed by atoms with van der Waals surface area (Å²) in [7, 11) is 0. The molecule has 0 aromatic heterocycles. The fourth-order valence-electron chi connectivity index (χ4n) is 3.08. The first-order valence-corrected chi connectivity index (χ1v) is 12.0. The molecule has 1 aromatic rings. The van der Waals surface area contributed by atoms with Gasteiger partial charge in [-0.25, -0.2) is 0 Å². The third-order valence-electron chi connectivity index (χ3n) is 4.84. The van der Waals surface area contributed by atoms with Crippen molar-refractivity contribution in [3.05, 3.63) is 42.5 Å². The average molecular weight is 437 g/mol. The maximum absolute atomic E-state index is 5.74. The summed E-state index contributed by atoms with van der Waals surface area (Å²) >= 11 is 0. The highest BCUT2D eigenvalue weighted by atomic mass is 16.6. The minimum atomic E-state index is 0.547. The molecule has 0 spiro atoms. The normalized spacial score (nSPS) is 11.0. The van der Waals surface area contributed by atoms with Gasteiger partial charge in [-0.2, -0.15) is 0 Å². The summed E-state index contributed by atoms with van der Waals surface area (Å²) in [6.07, 6.45) is 12.3. The van der Waals surface area contributed by atoms with Gasteiger partial charge in [0.25, 0.3) is 0 Å². The third-order valence-corrected chi connectivity index (χ3v) is 4.84. The molecule has 0 fully saturated rings. The molecule has 0 unspecified atom stereocenters. The maximum Gasteiger partial charge on any atom is 0.119 e. The van der Waals surface area contributed by atoms with Crippen LogP contribution in [0.5, 0.6) is 5.75 Å². The summed E-state index contributed by atoms with van der Waals surface area (Å²) in [5, 5.41) is 0. The number of hydrogen-bond acceptors (Lipinski definition) is 5. The van der Waals surface area contributed by atoms with E-state index in [2.05, 4.69) is 37.8 Å². The van der Waals surface area contributed by atoms with Gasteiger partial charge in [-0.15, -0.1) is 6.58 Å². The van der Waals surface area contributed by atoms with Crippen LogP contribution in [-0.4, -0.2) is 59.5 Å². The molecule has 0 N–H and O–H groups in total. The van der Waals surface area contributed by atoms with Crippen LogP contribution in [0.2, 0.25) is 0 Å². The third kappa shape index (κ3) is 17.9. The molecular formula is C26H44O5. The maximum atomic E-state index is 5.74. The van der Waals surface area contributed by atoms with Crippen molar-refractivity contribution in [2.24, 2.45) is 0 Å². The van der Waals surface area contributed by atoms with Crippen molar-refractivity contribution >= 4 is 0 Å². The SMILES string of the molecule is C=CCOCCOCCOCCOCCOc1ccc(CCCCCCCCC)cc1. The van der Waals surface area contributed by atoms with E-state index in [1.54, 1.807) is 6.08 Å². The highest BCUT2D eigenvalue weighted by Gasteiger charge is 1.98. The van der Waals surface area contributed by atoms with Crippen molar-refractivity contribution < 1.29 is 23.7 Å². The van der Waals surface area contributed by atoms with Crippen molar-refractivity contribution in [2.45, 2.75) is 58.3 Å². The predicted octanol–water partition coefficient (Wildman–Crippen LogP) is 5.61. The molecule has 5 heteroatoms. The van der Waals surface area contributed by atoms with E-state index < -0.39 is 0 Å². The second-order valence-electron chi connectivity index (χ2n) is 7.56. The van der Waals surface area contributed by atoms with Crippen molar-refractivity contribution in [1.29, 1.82) is 0 Å². The zero-order valence-corrected chi connectivity index (χ0v) is 19.7. The van der Waals surface area contributed by atoms with E-state index in [0.717, 1.165) is 12.2 Å². The first kappa shape index (κ1) is 27.6. The fourth-order valence-corrected chi connectivity index (χ4v) is 3.08. The van der Waals surface area contributed by atoms with Crippen LogP contribution < -0.4 is 4.74 Å². The van der Waals surface area contributed by atoms with Crippen molar-refractivity contribution in [1.82, 2.24) is 0 Å². The summed E-state index contributed by atoms with van der Waals surface area (Å²) in [5.74, 6) is 0.900. The van der Waals surface area contributed by atoms with Gasteiger partial charge in [0.05, 0.1) is 52.9 Å². The molecule has 5 nitrogen and oxygen atoms in total. The lowest BCUT2D eigenvalue weighted by Gasteiger charge is -2.09. The number of hydrogen-bond donors (Lipinski definition) is 0. The second kappa shape index (κ2) is 21.8. The highest BCUT2D eigenvalue weighted by Crippen LogP contribution is 2.15. The summed E-state index contributed by atoms with van der Waals surface area (Å²) in [6.45, 7) is 10.9. The Morgan fingerprint density at radius 3 is 1.74 bits per heavy atom. The Balaban J connectivity index is 1.88. The minimum absolute atomic E-state index is 0.547. The standard InChI is InChI=1S/C26H44O5/c1-3-5-6-7-8-9-10-11-25-12-14-26(15-13-25)31-24-23-30-22-21-29-20-19-28-18-17-27-16-4-2/h4,12-15H,2-3,5-11,16-24H2,1H3. The predicted molar refractivity (Wildman–Crippen MR) is 127 cm³/mol. The molecule has 0 aliphatic carbocycles. The van der Waals surface area contributed by atoms with E-state index >= 15 is 0 Å². The van der Waals surface area contributed by atoms with E-state index in [0.29, 0.717) is 59.5 Å². The van der Waals surface area contributed by atoms with Gasteiger partial charge in [-0.05, 0) is 30.5 Å². The van der Waals surface area contributed by atoms with Crippen LogP contribution in [0, 0.1) is 0 Å². The molecule has 0 saturated carbocycles. The van der Waals surface area contributed by atoms with Gasteiger partial charge in [0.2, 0.25) is 0 Å². The highest BCUT2D eigenvalue weighted by molar-refractivity contribution is 5.27. The molecule has 0 bridgehead atoms. The molecule has 0 amide bonds. The molecule has 178 valence electrons. The van der Waals surface area contributed by atoms with E-state index in [1.807, 2.05) is 0 Å². The number of unbranched alkanes of at least 4 members (excludes halogenated alkanes) is 6. The topological polar surface area (TPSA) is 46.2 Å². The molecular weight excluding hydrogens is 392 g/mol. The second-order valence-corrected chi connectivity index (χ2v) is 7.56. The molecule has 31 heavy (non-hydrogen) atoms. The Hall–Kier alpha value is -1.40. The Bertz CT molecular complexity index is 503. The number of ether oxygens (including phenoxy) is 5. The Kier molecular flexibility index (Phi) is 19.4. The number of benzene rings is 1. The number of aryl methyl sites for hydroxylation is 1. The van der Waals surface area contributed by atoms with Crippen LogP contribution in [0.3, 0.4) is 0 Å². The molecule has 1 rings (SSSR count). The molecule has 0 aliphatic rings. The van der Waals surface area contributed by atoms with Gasteiger partial charge in [0.15, 0.2) is 0 Å². The van der Waals surface area contributed by atoms with Gasteiger partial charge >= 0.3 is 0 Å². The van der Waals surface area contributed by atoms with E-state index in [1.165, 1.54) is 50.5 Å². The fraction of sp³-hybridized carbons (Fsp3) is 0.692. The Labute approximate surface area is 190 Å². The van der Waals surface area contributed by atoms with E-state index in [9.17, 15) is 0 Å². The van der Waals surface area contributed by atoms with Crippen LogP contribution in [0.1, 0.15) is 57.4 Å². The summed E-state index contributed by atoms with van der Waals surface area (Å²) in [5.41, 5.74) is 1.39. The lowest BCUT2D eigenvalue weighted by Crippen LogP contribution is -2.13. The zero-order valence-electron chi connectivity index (χ0n) is 19.7. The van der Waals surface area contributed by atoms with Gasteiger partial charge in [-0.1, -0.05) is 63.7 Å². The Morgan fingerprint density at radius 2 is 1.16 bits per heavy atom. The Morgan fingerprint density at radius 1 is 0.645 bits per heavy atom. The van der Waals surface area contributed by atoms with Gasteiger partial charge < -0.3 is 23.7 Å². The van der Waals surface area contributed by atoms with Crippen LogP contribution in [0.15, 0.2) is 36.9 Å². The van der Waals surface area contributed by atoms with Crippen LogP contribution in [0.25, 0.3) is 0 Å². The largest absolute Gasteiger partial charge is 0.491 e. The van der Waals surface area contributed by atoms with Crippen LogP contribution in [-0.2, 0) is 25.4 Å². The summed E-state index contributed by atoms with van der Waals surface area (Å²) in [4.78, 5) is 0. The smallest absolute Gasteiger partial charge is 0.119 e. The van der Waals surface area contributed by atoms with Crippen LogP contribution in [0.4, 0.5) is 0 Å². The van der Waals surface area contributed by atoms with Crippen molar-refractivity contribution in [3.8, 4) is 5.75 Å². The summed E-state index contributed by atoms with van der Waals surface area (Å²) in [6, 6.07) is 8.47. The first-order chi connectivity index (χ1) is 15.4. The minimum Gasteiger partial charge on any atom is -0.491 e. The van der Waals surface area contributed by atoms with Gasteiger partial charge in [0, 0.05) is 0 Å². The van der Waals surface area contributed by atoms with Crippen molar-refractivity contribution in [2.75, 3.05) is 59.5 Å². The molecule has 0 heterocycles. The lowest BCUT2D eigenvalue weighted by molar-refractivity contribution is -0.00221. The lowest BCUT2D eigenvalue weighted by atomic mass is 10.0. The zero-order chi connectivity index (χ0) is 22.2. The van der Waals surface area contributed by atoms with E-state index in [4.69, 9.17) is 23.7 Å². The van der Waals surface area contributed by atoms with E-state index in [-0.39, 0.29) is 0 Å². The molecule has 0 atom stereocenters. The van der Waals surface area contributed by atoms with Crippen molar-refractivity contribution in [3.63, 3.8) is 0 Å². The van der Waals surface area contributed by atoms with Gasteiger partial charge in [0.1, 0.15) is 12.4 Å². The first-order valence-electron chi connectivity index (χ1n) is 12.0. The number of rotatable bonds is 23. The summed E-state index contributed by atoms with van der Waals surface area (Å²) < 4.78 is 27.3. The van der Waals surface area contributed by atoms with Crippen LogP contribution >= 0.6 is 0 Å². The molecule has 0 aliphatic heterocycles. The average Bonchev–Trinajstić information content (AvgIpc) is 2.79.